The SMILES string of the molecule is CCOC(=O)c1cnn(-c2ccc(C(=O)NCC3(c4cccc(Cl)c4)CCOCC3)cc2)c1C. The van der Waals surface area contributed by atoms with Crippen LogP contribution < -0.4 is 5.32 Å². The number of hydrogen-bond acceptors (Lipinski definition) is 5. The number of esters is 1. The van der Waals surface area contributed by atoms with Gasteiger partial charge in [0.25, 0.3) is 5.91 Å². The summed E-state index contributed by atoms with van der Waals surface area (Å²) in [6, 6.07) is 15.0. The van der Waals surface area contributed by atoms with Gasteiger partial charge in [0.2, 0.25) is 0 Å². The fourth-order valence-electron chi connectivity index (χ4n) is 4.33. The number of hydrogen-bond donors (Lipinski definition) is 1. The summed E-state index contributed by atoms with van der Waals surface area (Å²) in [5.74, 6) is -0.548. The second-order valence-electron chi connectivity index (χ2n) is 8.41. The van der Waals surface area contributed by atoms with Crippen LogP contribution in [-0.4, -0.2) is 48.0 Å². The minimum absolute atomic E-state index is 0.149. The number of benzene rings is 2. The monoisotopic (exact) mass is 481 g/mol. The predicted octanol–water partition coefficient (Wildman–Crippen LogP) is 4.49. The van der Waals surface area contributed by atoms with Gasteiger partial charge in [-0.3, -0.25) is 4.79 Å². The molecule has 1 fully saturated rings. The molecule has 0 bridgehead atoms. The van der Waals surface area contributed by atoms with Crippen LogP contribution in [0.5, 0.6) is 0 Å². The smallest absolute Gasteiger partial charge is 0.341 e. The zero-order valence-electron chi connectivity index (χ0n) is 19.3. The lowest BCUT2D eigenvalue weighted by atomic mass is 9.74. The first-order valence-electron chi connectivity index (χ1n) is 11.4. The van der Waals surface area contributed by atoms with Crippen molar-refractivity contribution >= 4 is 23.5 Å². The van der Waals surface area contributed by atoms with Crippen molar-refractivity contribution in [2.24, 2.45) is 0 Å². The molecule has 7 nitrogen and oxygen atoms in total. The summed E-state index contributed by atoms with van der Waals surface area (Å²) in [7, 11) is 0. The topological polar surface area (TPSA) is 82.5 Å². The van der Waals surface area contributed by atoms with Crippen molar-refractivity contribution < 1.29 is 19.1 Å². The average Bonchev–Trinajstić information content (AvgIpc) is 3.24. The highest BCUT2D eigenvalue weighted by molar-refractivity contribution is 6.30. The van der Waals surface area contributed by atoms with Crippen molar-refractivity contribution in [3.63, 3.8) is 0 Å². The lowest BCUT2D eigenvalue weighted by molar-refractivity contribution is 0.0487. The highest BCUT2D eigenvalue weighted by Gasteiger charge is 2.35. The fraction of sp³-hybridized carbons (Fsp3) is 0.346. The number of rotatable bonds is 7. The average molecular weight is 482 g/mol. The summed E-state index contributed by atoms with van der Waals surface area (Å²) in [6.07, 6.45) is 3.12. The van der Waals surface area contributed by atoms with E-state index in [1.54, 1.807) is 23.7 Å². The van der Waals surface area contributed by atoms with Gasteiger partial charge in [-0.1, -0.05) is 23.7 Å². The molecule has 2 heterocycles. The van der Waals surface area contributed by atoms with Crippen molar-refractivity contribution in [1.82, 2.24) is 15.1 Å². The second kappa shape index (κ2) is 10.4. The molecule has 34 heavy (non-hydrogen) atoms. The van der Waals surface area contributed by atoms with Crippen molar-refractivity contribution in [1.29, 1.82) is 0 Å². The highest BCUT2D eigenvalue weighted by atomic mass is 35.5. The van der Waals surface area contributed by atoms with Crippen molar-refractivity contribution in [3.05, 3.63) is 82.1 Å². The third-order valence-electron chi connectivity index (χ3n) is 6.35. The number of halogens is 1. The molecule has 1 saturated heterocycles. The molecule has 2 aromatic carbocycles. The van der Waals surface area contributed by atoms with E-state index >= 15 is 0 Å². The number of carbonyl (C=O) groups is 2. The number of nitrogens with one attached hydrogen (secondary N) is 1. The Kier molecular flexibility index (Phi) is 7.34. The van der Waals surface area contributed by atoms with Gasteiger partial charge in [-0.25, -0.2) is 9.48 Å². The van der Waals surface area contributed by atoms with Crippen LogP contribution in [0.3, 0.4) is 0 Å². The maximum absolute atomic E-state index is 13.0. The van der Waals surface area contributed by atoms with Crippen LogP contribution in [0, 0.1) is 6.92 Å². The summed E-state index contributed by atoms with van der Waals surface area (Å²) >= 11 is 6.24. The fourth-order valence-corrected chi connectivity index (χ4v) is 4.52. The van der Waals surface area contributed by atoms with Crippen LogP contribution >= 0.6 is 11.6 Å². The first-order chi connectivity index (χ1) is 16.4. The number of amides is 1. The number of nitrogens with zero attached hydrogens (tertiary/aromatic N) is 2. The van der Waals surface area contributed by atoms with E-state index in [0.717, 1.165) is 24.1 Å². The molecule has 0 radical (unpaired) electrons. The molecule has 0 aliphatic carbocycles. The molecule has 1 aliphatic rings. The number of carbonyl (C=O) groups excluding carboxylic acids is 2. The van der Waals surface area contributed by atoms with E-state index in [4.69, 9.17) is 21.1 Å². The summed E-state index contributed by atoms with van der Waals surface area (Å²) in [4.78, 5) is 25.0. The van der Waals surface area contributed by atoms with E-state index < -0.39 is 5.97 Å². The minimum atomic E-state index is -0.399. The van der Waals surface area contributed by atoms with Crippen molar-refractivity contribution in [2.45, 2.75) is 32.1 Å². The third kappa shape index (κ3) is 5.00. The molecule has 8 heteroatoms. The molecule has 1 aromatic heterocycles. The van der Waals surface area contributed by atoms with Gasteiger partial charge in [-0.15, -0.1) is 0 Å². The van der Waals surface area contributed by atoms with Gasteiger partial charge in [0.05, 0.1) is 24.2 Å². The molecule has 1 N–H and O–H groups in total. The zero-order chi connectivity index (χ0) is 24.1. The van der Waals surface area contributed by atoms with Crippen LogP contribution in [0.25, 0.3) is 5.69 Å². The van der Waals surface area contributed by atoms with E-state index in [0.29, 0.717) is 48.2 Å². The molecule has 0 atom stereocenters. The molecule has 178 valence electrons. The quantitative estimate of drug-likeness (QED) is 0.503. The third-order valence-corrected chi connectivity index (χ3v) is 6.59. The lowest BCUT2D eigenvalue weighted by Gasteiger charge is -2.38. The Hall–Kier alpha value is -3.16. The molecule has 0 spiro atoms. The van der Waals surface area contributed by atoms with Gasteiger partial charge in [0, 0.05) is 35.8 Å². The first kappa shape index (κ1) is 24.0. The van der Waals surface area contributed by atoms with Gasteiger partial charge in [-0.05, 0) is 68.7 Å². The summed E-state index contributed by atoms with van der Waals surface area (Å²) in [6.45, 7) is 5.67. The van der Waals surface area contributed by atoms with E-state index in [9.17, 15) is 9.59 Å². The lowest BCUT2D eigenvalue weighted by Crippen LogP contribution is -2.44. The summed E-state index contributed by atoms with van der Waals surface area (Å²) < 4.78 is 12.3. The maximum Gasteiger partial charge on any atom is 0.341 e. The van der Waals surface area contributed by atoms with E-state index in [1.807, 2.05) is 37.3 Å². The van der Waals surface area contributed by atoms with Gasteiger partial charge in [0.1, 0.15) is 5.56 Å². The van der Waals surface area contributed by atoms with Gasteiger partial charge >= 0.3 is 5.97 Å². The Bertz CT molecular complexity index is 1170. The summed E-state index contributed by atoms with van der Waals surface area (Å²) in [5.41, 5.74) is 3.31. The zero-order valence-corrected chi connectivity index (χ0v) is 20.1. The maximum atomic E-state index is 13.0. The molecule has 1 aliphatic heterocycles. The molecule has 4 rings (SSSR count). The molecular formula is C26H28ClN3O4. The Morgan fingerprint density at radius 1 is 1.18 bits per heavy atom. The standard InChI is InChI=1S/C26H28ClN3O4/c1-3-34-25(32)23-16-29-30(18(23)2)22-9-7-19(8-10-22)24(31)28-17-26(11-13-33-14-12-26)20-5-4-6-21(27)15-20/h4-10,15-16H,3,11-14,17H2,1-2H3,(H,28,31). The molecule has 3 aromatic rings. The van der Waals surface area contributed by atoms with Crippen LogP contribution in [0.4, 0.5) is 0 Å². The van der Waals surface area contributed by atoms with Crippen LogP contribution in [0.15, 0.2) is 54.7 Å². The Morgan fingerprint density at radius 2 is 1.91 bits per heavy atom. The van der Waals surface area contributed by atoms with E-state index in [2.05, 4.69) is 16.5 Å². The van der Waals surface area contributed by atoms with Gasteiger partial charge < -0.3 is 14.8 Å². The first-order valence-corrected chi connectivity index (χ1v) is 11.8. The van der Waals surface area contributed by atoms with Gasteiger partial charge in [-0.2, -0.15) is 5.10 Å². The highest BCUT2D eigenvalue weighted by Crippen LogP contribution is 2.35. The second-order valence-corrected chi connectivity index (χ2v) is 8.84. The van der Waals surface area contributed by atoms with E-state index in [1.165, 1.54) is 6.20 Å². The molecule has 0 saturated carbocycles. The molecule has 0 unspecified atom stereocenters. The normalized spacial score (nSPS) is 15.0. The van der Waals surface area contributed by atoms with E-state index in [-0.39, 0.29) is 11.3 Å². The molecule has 1 amide bonds. The predicted molar refractivity (Wildman–Crippen MR) is 130 cm³/mol. The Balaban J connectivity index is 1.47. The summed E-state index contributed by atoms with van der Waals surface area (Å²) in [5, 5.41) is 8.10. The number of aromatic nitrogens is 2. The largest absolute Gasteiger partial charge is 0.462 e. The van der Waals surface area contributed by atoms with Crippen LogP contribution in [0.2, 0.25) is 5.02 Å². The van der Waals surface area contributed by atoms with Crippen molar-refractivity contribution in [3.8, 4) is 5.69 Å². The Labute approximate surface area is 204 Å². The van der Waals surface area contributed by atoms with Crippen LogP contribution in [0.1, 0.15) is 51.7 Å². The van der Waals surface area contributed by atoms with Crippen LogP contribution in [-0.2, 0) is 14.9 Å². The van der Waals surface area contributed by atoms with Crippen molar-refractivity contribution in [2.75, 3.05) is 26.4 Å². The molecular weight excluding hydrogens is 454 g/mol. The minimum Gasteiger partial charge on any atom is -0.462 e. The Morgan fingerprint density at radius 3 is 2.59 bits per heavy atom. The number of ether oxygens (including phenoxy) is 2. The van der Waals surface area contributed by atoms with Gasteiger partial charge in [0.15, 0.2) is 0 Å².